The van der Waals surface area contributed by atoms with E-state index >= 15 is 0 Å². The summed E-state index contributed by atoms with van der Waals surface area (Å²) in [5.41, 5.74) is 0. The van der Waals surface area contributed by atoms with Crippen molar-refractivity contribution in [2.45, 2.75) is 38.8 Å². The van der Waals surface area contributed by atoms with Crippen LogP contribution in [0.2, 0.25) is 0 Å². The van der Waals surface area contributed by atoms with Crippen LogP contribution in [0.15, 0.2) is 17.5 Å². The standard InChI is InChI=1S/C13H19NO2S/c1-2-14(10-12-6-4-8-17-12)13(15)9-11-5-3-7-16-11/h4,6,8,11H,2-3,5,7,9-10H2,1H3. The van der Waals surface area contributed by atoms with E-state index < -0.39 is 0 Å². The summed E-state index contributed by atoms with van der Waals surface area (Å²) in [5, 5.41) is 2.05. The highest BCUT2D eigenvalue weighted by atomic mass is 32.1. The largest absolute Gasteiger partial charge is 0.378 e. The number of ether oxygens (including phenoxy) is 1. The van der Waals surface area contributed by atoms with Crippen molar-refractivity contribution in [1.29, 1.82) is 0 Å². The summed E-state index contributed by atoms with van der Waals surface area (Å²) in [7, 11) is 0. The molecule has 0 aliphatic carbocycles. The molecule has 0 saturated carbocycles. The predicted octanol–water partition coefficient (Wildman–Crippen LogP) is 2.67. The first-order valence-corrected chi connectivity index (χ1v) is 7.09. The number of carbonyl (C=O) groups excluding carboxylic acids is 1. The van der Waals surface area contributed by atoms with Crippen molar-refractivity contribution in [3.05, 3.63) is 22.4 Å². The molecule has 3 nitrogen and oxygen atoms in total. The zero-order chi connectivity index (χ0) is 12.1. The van der Waals surface area contributed by atoms with E-state index in [9.17, 15) is 4.79 Å². The fraction of sp³-hybridized carbons (Fsp3) is 0.615. The molecule has 1 unspecified atom stereocenters. The first-order chi connectivity index (χ1) is 8.29. The van der Waals surface area contributed by atoms with Crippen LogP contribution in [-0.2, 0) is 16.1 Å². The highest BCUT2D eigenvalue weighted by Gasteiger charge is 2.22. The van der Waals surface area contributed by atoms with Gasteiger partial charge in [0, 0.05) is 18.0 Å². The molecule has 0 N–H and O–H groups in total. The number of rotatable bonds is 5. The summed E-state index contributed by atoms with van der Waals surface area (Å²) >= 11 is 1.70. The second-order valence-electron chi connectivity index (χ2n) is 4.33. The van der Waals surface area contributed by atoms with Gasteiger partial charge in [0.1, 0.15) is 0 Å². The Bertz CT molecular complexity index is 344. The van der Waals surface area contributed by atoms with E-state index in [-0.39, 0.29) is 12.0 Å². The quantitative estimate of drug-likeness (QED) is 0.807. The lowest BCUT2D eigenvalue weighted by Gasteiger charge is -2.21. The average molecular weight is 253 g/mol. The molecule has 17 heavy (non-hydrogen) atoms. The van der Waals surface area contributed by atoms with E-state index in [1.54, 1.807) is 11.3 Å². The Hall–Kier alpha value is -0.870. The van der Waals surface area contributed by atoms with Gasteiger partial charge < -0.3 is 9.64 Å². The summed E-state index contributed by atoms with van der Waals surface area (Å²) in [5.74, 6) is 0.216. The molecule has 2 heterocycles. The van der Waals surface area contributed by atoms with E-state index in [2.05, 4.69) is 6.07 Å². The Labute approximate surface area is 106 Å². The van der Waals surface area contributed by atoms with Gasteiger partial charge in [-0.1, -0.05) is 6.07 Å². The Morgan fingerprint density at radius 3 is 3.12 bits per heavy atom. The Morgan fingerprint density at radius 1 is 1.65 bits per heavy atom. The fourth-order valence-electron chi connectivity index (χ4n) is 2.10. The minimum absolute atomic E-state index is 0.153. The van der Waals surface area contributed by atoms with E-state index in [1.165, 1.54) is 4.88 Å². The van der Waals surface area contributed by atoms with Crippen LogP contribution in [0.1, 0.15) is 31.1 Å². The molecule has 1 saturated heterocycles. The first kappa shape index (κ1) is 12.6. The van der Waals surface area contributed by atoms with Crippen molar-refractivity contribution in [2.75, 3.05) is 13.2 Å². The molecule has 0 spiro atoms. The monoisotopic (exact) mass is 253 g/mol. The van der Waals surface area contributed by atoms with Gasteiger partial charge >= 0.3 is 0 Å². The van der Waals surface area contributed by atoms with Crippen molar-refractivity contribution in [3.63, 3.8) is 0 Å². The van der Waals surface area contributed by atoms with Gasteiger partial charge in [-0.25, -0.2) is 0 Å². The third kappa shape index (κ3) is 3.54. The smallest absolute Gasteiger partial charge is 0.225 e. The maximum Gasteiger partial charge on any atom is 0.225 e. The van der Waals surface area contributed by atoms with Crippen LogP contribution in [0.3, 0.4) is 0 Å². The van der Waals surface area contributed by atoms with Crippen LogP contribution < -0.4 is 0 Å². The highest BCUT2D eigenvalue weighted by molar-refractivity contribution is 7.09. The molecule has 1 fully saturated rings. The van der Waals surface area contributed by atoms with Gasteiger partial charge in [0.15, 0.2) is 0 Å². The molecule has 4 heteroatoms. The molecule has 1 aromatic heterocycles. The molecule has 2 rings (SSSR count). The fourth-order valence-corrected chi connectivity index (χ4v) is 2.82. The van der Waals surface area contributed by atoms with E-state index in [0.29, 0.717) is 6.42 Å². The van der Waals surface area contributed by atoms with E-state index in [0.717, 1.165) is 32.5 Å². The van der Waals surface area contributed by atoms with Crippen molar-refractivity contribution in [3.8, 4) is 0 Å². The second kappa shape index (κ2) is 6.17. The van der Waals surface area contributed by atoms with Gasteiger partial charge in [0.25, 0.3) is 0 Å². The third-order valence-corrected chi connectivity index (χ3v) is 3.95. The van der Waals surface area contributed by atoms with Gasteiger partial charge in [-0.2, -0.15) is 0 Å². The van der Waals surface area contributed by atoms with Crippen LogP contribution in [-0.4, -0.2) is 30.1 Å². The first-order valence-electron chi connectivity index (χ1n) is 6.21. The number of nitrogens with zero attached hydrogens (tertiary/aromatic N) is 1. The molecular formula is C13H19NO2S. The summed E-state index contributed by atoms with van der Waals surface area (Å²) in [6, 6.07) is 4.10. The lowest BCUT2D eigenvalue weighted by atomic mass is 10.1. The maximum absolute atomic E-state index is 12.1. The molecule has 0 aromatic carbocycles. The van der Waals surface area contributed by atoms with E-state index in [4.69, 9.17) is 4.74 Å². The topological polar surface area (TPSA) is 29.5 Å². The summed E-state index contributed by atoms with van der Waals surface area (Å²) < 4.78 is 5.51. The van der Waals surface area contributed by atoms with Crippen LogP contribution in [0.25, 0.3) is 0 Å². The summed E-state index contributed by atoms with van der Waals surface area (Å²) in [4.78, 5) is 15.3. The minimum atomic E-state index is 0.153. The molecule has 1 atom stereocenters. The number of carbonyl (C=O) groups is 1. The zero-order valence-corrected chi connectivity index (χ0v) is 11.0. The van der Waals surface area contributed by atoms with Crippen LogP contribution in [0, 0.1) is 0 Å². The van der Waals surface area contributed by atoms with Crippen molar-refractivity contribution < 1.29 is 9.53 Å². The molecule has 1 aliphatic heterocycles. The normalized spacial score (nSPS) is 19.5. The predicted molar refractivity (Wildman–Crippen MR) is 69.0 cm³/mol. The number of thiophene rings is 1. The maximum atomic E-state index is 12.1. The van der Waals surface area contributed by atoms with Crippen LogP contribution >= 0.6 is 11.3 Å². The SMILES string of the molecule is CCN(Cc1cccs1)C(=O)CC1CCCO1. The molecule has 1 aliphatic rings. The molecule has 1 amide bonds. The second-order valence-corrected chi connectivity index (χ2v) is 5.36. The van der Waals surface area contributed by atoms with Gasteiger partial charge in [0.2, 0.25) is 5.91 Å². The Balaban J connectivity index is 1.86. The van der Waals surface area contributed by atoms with E-state index in [1.807, 2.05) is 23.3 Å². The Kier molecular flexibility index (Phi) is 4.57. The number of hydrogen-bond donors (Lipinski definition) is 0. The average Bonchev–Trinajstić information content (AvgIpc) is 2.97. The third-order valence-electron chi connectivity index (χ3n) is 3.09. The molecule has 0 radical (unpaired) electrons. The Morgan fingerprint density at radius 2 is 2.53 bits per heavy atom. The van der Waals surface area contributed by atoms with Gasteiger partial charge in [-0.3, -0.25) is 4.79 Å². The summed E-state index contributed by atoms with van der Waals surface area (Å²) in [6.45, 7) is 4.35. The van der Waals surface area contributed by atoms with Gasteiger partial charge in [-0.15, -0.1) is 11.3 Å². The van der Waals surface area contributed by atoms with Crippen molar-refractivity contribution in [2.24, 2.45) is 0 Å². The number of amides is 1. The zero-order valence-electron chi connectivity index (χ0n) is 10.2. The lowest BCUT2D eigenvalue weighted by molar-refractivity contribution is -0.133. The highest BCUT2D eigenvalue weighted by Crippen LogP contribution is 2.18. The molecule has 0 bridgehead atoms. The van der Waals surface area contributed by atoms with Crippen LogP contribution in [0.5, 0.6) is 0 Å². The molecule has 94 valence electrons. The van der Waals surface area contributed by atoms with Gasteiger partial charge in [-0.05, 0) is 31.2 Å². The minimum Gasteiger partial charge on any atom is -0.378 e. The van der Waals surface area contributed by atoms with Gasteiger partial charge in [0.05, 0.1) is 19.1 Å². The summed E-state index contributed by atoms with van der Waals surface area (Å²) in [6.07, 6.45) is 2.82. The lowest BCUT2D eigenvalue weighted by Crippen LogP contribution is -2.32. The molecule has 1 aromatic rings. The van der Waals surface area contributed by atoms with Crippen LogP contribution in [0.4, 0.5) is 0 Å². The van der Waals surface area contributed by atoms with Crippen molar-refractivity contribution in [1.82, 2.24) is 4.90 Å². The molecular weight excluding hydrogens is 234 g/mol. The van der Waals surface area contributed by atoms with Crippen molar-refractivity contribution >= 4 is 17.2 Å². The number of hydrogen-bond acceptors (Lipinski definition) is 3.